The Bertz CT molecular complexity index is 662. The maximum atomic E-state index is 12.7. The lowest BCUT2D eigenvalue weighted by Crippen LogP contribution is -2.46. The molecule has 2 N–H and O–H groups in total. The van der Waals surface area contributed by atoms with Crippen molar-refractivity contribution in [2.24, 2.45) is 0 Å². The number of nitrogens with one attached hydrogen (secondary N) is 2. The molecule has 1 unspecified atom stereocenters. The van der Waals surface area contributed by atoms with Crippen LogP contribution in [0.25, 0.3) is 0 Å². The van der Waals surface area contributed by atoms with Crippen molar-refractivity contribution in [1.82, 2.24) is 10.6 Å². The lowest BCUT2D eigenvalue weighted by atomic mass is 9.94. The fraction of sp³-hybridized carbons (Fsp3) is 0.412. The molecule has 5 nitrogen and oxygen atoms in total. The molecule has 124 valence electrons. The van der Waals surface area contributed by atoms with E-state index in [4.69, 9.17) is 21.7 Å². The highest BCUT2D eigenvalue weighted by molar-refractivity contribution is 7.80. The second-order valence-electron chi connectivity index (χ2n) is 6.31. The molecule has 0 aromatic heterocycles. The number of hydrogen-bond acceptors (Lipinski definition) is 4. The summed E-state index contributed by atoms with van der Waals surface area (Å²) in [4.78, 5) is 12.7. The highest BCUT2D eigenvalue weighted by Crippen LogP contribution is 2.33. The predicted octanol–water partition coefficient (Wildman–Crippen LogP) is 2.83. The summed E-state index contributed by atoms with van der Waals surface area (Å²) in [6.07, 6.45) is 0. The quantitative estimate of drug-likeness (QED) is 0.655. The van der Waals surface area contributed by atoms with E-state index in [-0.39, 0.29) is 5.97 Å². The average Bonchev–Trinajstić information content (AvgIpc) is 2.44. The molecule has 6 heteroatoms. The summed E-state index contributed by atoms with van der Waals surface area (Å²) in [5, 5.41) is 6.59. The molecule has 1 aromatic carbocycles. The summed E-state index contributed by atoms with van der Waals surface area (Å²) in [6, 6.07) is 7.11. The van der Waals surface area contributed by atoms with Gasteiger partial charge in [-0.05, 0) is 46.0 Å². The summed E-state index contributed by atoms with van der Waals surface area (Å²) in [6.45, 7) is 7.34. The van der Waals surface area contributed by atoms with Crippen LogP contribution < -0.4 is 15.4 Å². The van der Waals surface area contributed by atoms with Gasteiger partial charge >= 0.3 is 5.97 Å². The first-order chi connectivity index (χ1) is 10.7. The van der Waals surface area contributed by atoms with Gasteiger partial charge in [0, 0.05) is 11.3 Å². The Labute approximate surface area is 142 Å². The zero-order valence-corrected chi connectivity index (χ0v) is 14.8. The van der Waals surface area contributed by atoms with Gasteiger partial charge in [0.2, 0.25) is 0 Å². The van der Waals surface area contributed by atoms with Gasteiger partial charge in [0.05, 0.1) is 18.7 Å². The van der Waals surface area contributed by atoms with Gasteiger partial charge in [-0.2, -0.15) is 0 Å². The Balaban J connectivity index is 2.48. The van der Waals surface area contributed by atoms with E-state index < -0.39 is 11.6 Å². The summed E-state index contributed by atoms with van der Waals surface area (Å²) >= 11 is 5.24. The lowest BCUT2D eigenvalue weighted by molar-refractivity contribution is -0.150. The van der Waals surface area contributed by atoms with Crippen LogP contribution in [0.3, 0.4) is 0 Å². The topological polar surface area (TPSA) is 59.6 Å². The lowest BCUT2D eigenvalue weighted by Gasteiger charge is -2.32. The van der Waals surface area contributed by atoms with E-state index >= 15 is 0 Å². The summed E-state index contributed by atoms with van der Waals surface area (Å²) in [5.74, 6) is 0.303. The first-order valence-corrected chi connectivity index (χ1v) is 7.78. The van der Waals surface area contributed by atoms with Gasteiger partial charge in [0.15, 0.2) is 5.11 Å². The predicted molar refractivity (Wildman–Crippen MR) is 93.1 cm³/mol. The molecule has 0 fully saturated rings. The van der Waals surface area contributed by atoms with Crippen molar-refractivity contribution in [2.45, 2.75) is 39.3 Å². The number of carbonyl (C=O) groups excluding carboxylic acids is 1. The van der Waals surface area contributed by atoms with Gasteiger partial charge in [-0.3, -0.25) is 0 Å². The van der Waals surface area contributed by atoms with Crippen molar-refractivity contribution in [2.75, 3.05) is 7.11 Å². The number of carbonyl (C=O) groups is 1. The fourth-order valence-electron chi connectivity index (χ4n) is 2.44. The second kappa shape index (κ2) is 6.58. The van der Waals surface area contributed by atoms with Crippen LogP contribution in [0.15, 0.2) is 35.5 Å². The summed E-state index contributed by atoms with van der Waals surface area (Å²) in [7, 11) is 1.60. The molecule has 1 aliphatic rings. The van der Waals surface area contributed by atoms with E-state index in [1.165, 1.54) is 0 Å². The van der Waals surface area contributed by atoms with Crippen molar-refractivity contribution < 1.29 is 14.3 Å². The molecule has 0 saturated heterocycles. The largest absolute Gasteiger partial charge is 0.496 e. The molecule has 0 aliphatic carbocycles. The number of ether oxygens (including phenoxy) is 2. The second-order valence-corrected chi connectivity index (χ2v) is 6.72. The van der Waals surface area contributed by atoms with Crippen molar-refractivity contribution in [1.29, 1.82) is 0 Å². The first kappa shape index (κ1) is 17.3. The highest BCUT2D eigenvalue weighted by atomic mass is 32.1. The van der Waals surface area contributed by atoms with Crippen LogP contribution >= 0.6 is 12.2 Å². The molecule has 23 heavy (non-hydrogen) atoms. The minimum Gasteiger partial charge on any atom is -0.496 e. The molecular formula is C17H22N2O3S. The molecule has 1 aliphatic heterocycles. The molecule has 1 atom stereocenters. The minimum atomic E-state index is -0.576. The van der Waals surface area contributed by atoms with E-state index in [1.54, 1.807) is 7.11 Å². The normalized spacial score (nSPS) is 18.1. The van der Waals surface area contributed by atoms with E-state index in [1.807, 2.05) is 52.0 Å². The number of allylic oxidation sites excluding steroid dienone is 1. The maximum absolute atomic E-state index is 12.7. The van der Waals surface area contributed by atoms with Gasteiger partial charge in [0.25, 0.3) is 0 Å². The summed E-state index contributed by atoms with van der Waals surface area (Å²) in [5.41, 5.74) is 1.43. The van der Waals surface area contributed by atoms with Crippen LogP contribution in [-0.2, 0) is 9.53 Å². The Morgan fingerprint density at radius 3 is 2.52 bits per heavy atom. The molecule has 0 saturated carbocycles. The van der Waals surface area contributed by atoms with E-state index in [0.717, 1.165) is 5.56 Å². The monoisotopic (exact) mass is 334 g/mol. The van der Waals surface area contributed by atoms with Gasteiger partial charge in [-0.1, -0.05) is 18.2 Å². The number of rotatable bonds is 3. The first-order valence-electron chi connectivity index (χ1n) is 7.37. The van der Waals surface area contributed by atoms with Crippen molar-refractivity contribution in [3.8, 4) is 5.75 Å². The van der Waals surface area contributed by atoms with Crippen LogP contribution in [0, 0.1) is 0 Å². The molecule has 1 aromatic rings. The number of hydrogen-bond donors (Lipinski definition) is 2. The number of thiocarbonyl (C=S) groups is 1. The highest BCUT2D eigenvalue weighted by Gasteiger charge is 2.34. The zero-order valence-electron chi connectivity index (χ0n) is 14.0. The van der Waals surface area contributed by atoms with Crippen molar-refractivity contribution in [3.05, 3.63) is 41.1 Å². The van der Waals surface area contributed by atoms with Crippen LogP contribution in [0.2, 0.25) is 0 Å². The van der Waals surface area contributed by atoms with E-state index in [2.05, 4.69) is 10.6 Å². The van der Waals surface area contributed by atoms with Crippen LogP contribution in [0.1, 0.15) is 39.3 Å². The molecule has 0 amide bonds. The fourth-order valence-corrected chi connectivity index (χ4v) is 2.71. The molecule has 1 heterocycles. The smallest absolute Gasteiger partial charge is 0.338 e. The van der Waals surface area contributed by atoms with E-state index in [0.29, 0.717) is 22.1 Å². The van der Waals surface area contributed by atoms with Crippen LogP contribution in [0.5, 0.6) is 5.75 Å². The molecule has 0 spiro atoms. The van der Waals surface area contributed by atoms with Crippen molar-refractivity contribution >= 4 is 23.3 Å². The zero-order chi connectivity index (χ0) is 17.2. The van der Waals surface area contributed by atoms with Crippen molar-refractivity contribution in [3.63, 3.8) is 0 Å². The number of para-hydroxylation sites is 1. The molecule has 0 bridgehead atoms. The van der Waals surface area contributed by atoms with Crippen LogP contribution in [0.4, 0.5) is 0 Å². The Morgan fingerprint density at radius 2 is 1.91 bits per heavy atom. The SMILES string of the molecule is COc1ccccc1C1NC(=S)NC(C)=C1C(=O)OC(C)(C)C. The molecule has 0 radical (unpaired) electrons. The van der Waals surface area contributed by atoms with Gasteiger partial charge < -0.3 is 20.1 Å². The Hall–Kier alpha value is -2.08. The number of benzene rings is 1. The minimum absolute atomic E-state index is 0.381. The van der Waals surface area contributed by atoms with Gasteiger partial charge in [-0.25, -0.2) is 4.79 Å². The van der Waals surface area contributed by atoms with Crippen LogP contribution in [-0.4, -0.2) is 23.8 Å². The number of methoxy groups -OCH3 is 1. The standard InChI is InChI=1S/C17H22N2O3S/c1-10-13(15(20)22-17(2,3)4)14(19-16(23)18-10)11-8-6-7-9-12(11)21-5/h6-9,14H,1-5H3,(H2,18,19,23). The van der Waals surface area contributed by atoms with E-state index in [9.17, 15) is 4.79 Å². The Morgan fingerprint density at radius 1 is 1.26 bits per heavy atom. The third-order valence-electron chi connectivity index (χ3n) is 3.34. The van der Waals surface area contributed by atoms with Gasteiger partial charge in [0.1, 0.15) is 11.4 Å². The average molecular weight is 334 g/mol. The maximum Gasteiger partial charge on any atom is 0.338 e. The third kappa shape index (κ3) is 4.01. The van der Waals surface area contributed by atoms with Gasteiger partial charge in [-0.15, -0.1) is 0 Å². The molecule has 2 rings (SSSR count). The summed E-state index contributed by atoms with van der Waals surface area (Å²) < 4.78 is 11.0. The molecular weight excluding hydrogens is 312 g/mol. The third-order valence-corrected chi connectivity index (χ3v) is 3.56. The number of esters is 1. The Kier molecular flexibility index (Phi) is 4.94.